The standard InChI is InChI=1S/C52H32N2O/c1-3-12-33(13-4-1)34-22-24-35(25-23-34)48-32-49(54-52(53-48)36-14-5-2-6-15-36)38-27-29-45-46-21-11-20-39(51(46)55-50(45)31-38)37-26-28-44-42-18-8-7-16-40(42)41-17-9-10-19-43(41)47(44)30-37/h1-32H. The summed E-state index contributed by atoms with van der Waals surface area (Å²) < 4.78 is 6.81. The first-order valence-electron chi connectivity index (χ1n) is 18.6. The zero-order chi connectivity index (χ0) is 36.3. The summed E-state index contributed by atoms with van der Waals surface area (Å²) in [4.78, 5) is 10.2. The summed E-state index contributed by atoms with van der Waals surface area (Å²) in [7, 11) is 0. The summed E-state index contributed by atoms with van der Waals surface area (Å²) in [6.45, 7) is 0. The van der Waals surface area contributed by atoms with Crippen LogP contribution in [0.3, 0.4) is 0 Å². The van der Waals surface area contributed by atoms with Gasteiger partial charge in [0.05, 0.1) is 11.4 Å². The summed E-state index contributed by atoms with van der Waals surface area (Å²) in [6, 6.07) is 68.5. The molecule has 0 N–H and O–H groups in total. The molecule has 0 radical (unpaired) electrons. The second-order valence-corrected chi connectivity index (χ2v) is 14.1. The first kappa shape index (κ1) is 31.2. The van der Waals surface area contributed by atoms with Crippen molar-refractivity contribution in [2.75, 3.05) is 0 Å². The minimum Gasteiger partial charge on any atom is -0.455 e. The molecule has 0 saturated heterocycles. The van der Waals surface area contributed by atoms with Gasteiger partial charge in [-0.15, -0.1) is 0 Å². The predicted octanol–water partition coefficient (Wildman–Crippen LogP) is 14.2. The Kier molecular flexibility index (Phi) is 7.17. The monoisotopic (exact) mass is 700 g/mol. The van der Waals surface area contributed by atoms with E-state index in [9.17, 15) is 0 Å². The van der Waals surface area contributed by atoms with Crippen LogP contribution in [0.4, 0.5) is 0 Å². The Bertz CT molecular complexity index is 3200. The van der Waals surface area contributed by atoms with Crippen LogP contribution in [0.5, 0.6) is 0 Å². The van der Waals surface area contributed by atoms with E-state index in [2.05, 4.69) is 170 Å². The van der Waals surface area contributed by atoms with E-state index < -0.39 is 0 Å². The Morgan fingerprint density at radius 2 is 0.782 bits per heavy atom. The Hall–Kier alpha value is -7.36. The van der Waals surface area contributed by atoms with Gasteiger partial charge in [-0.3, -0.25) is 0 Å². The Morgan fingerprint density at radius 3 is 1.47 bits per heavy atom. The van der Waals surface area contributed by atoms with Crippen molar-refractivity contribution in [2.24, 2.45) is 0 Å². The maximum Gasteiger partial charge on any atom is 0.160 e. The molecule has 0 aliphatic rings. The van der Waals surface area contributed by atoms with Crippen LogP contribution in [0.25, 0.3) is 110 Å². The van der Waals surface area contributed by atoms with Crippen LogP contribution in [0, 0.1) is 0 Å². The minimum absolute atomic E-state index is 0.684. The number of para-hydroxylation sites is 1. The molecule has 9 aromatic carbocycles. The maximum absolute atomic E-state index is 6.81. The number of fused-ring (bicyclic) bond motifs is 9. The zero-order valence-corrected chi connectivity index (χ0v) is 29.8. The van der Waals surface area contributed by atoms with E-state index in [0.29, 0.717) is 5.82 Å². The van der Waals surface area contributed by atoms with Crippen LogP contribution < -0.4 is 0 Å². The Balaban J connectivity index is 1.04. The van der Waals surface area contributed by atoms with Gasteiger partial charge in [0.1, 0.15) is 11.2 Å². The fraction of sp³-hybridized carbons (Fsp3) is 0. The van der Waals surface area contributed by atoms with Crippen molar-refractivity contribution >= 4 is 54.3 Å². The van der Waals surface area contributed by atoms with Crippen molar-refractivity contribution in [1.82, 2.24) is 9.97 Å². The smallest absolute Gasteiger partial charge is 0.160 e. The topological polar surface area (TPSA) is 38.9 Å². The van der Waals surface area contributed by atoms with Crippen molar-refractivity contribution in [2.45, 2.75) is 0 Å². The van der Waals surface area contributed by atoms with E-state index >= 15 is 0 Å². The molecule has 11 rings (SSSR count). The van der Waals surface area contributed by atoms with Gasteiger partial charge in [0.2, 0.25) is 0 Å². The molecule has 0 bridgehead atoms. The molecule has 0 unspecified atom stereocenters. The van der Waals surface area contributed by atoms with Gasteiger partial charge in [0.15, 0.2) is 5.82 Å². The first-order valence-corrected chi connectivity index (χ1v) is 18.6. The lowest BCUT2D eigenvalue weighted by atomic mass is 9.92. The number of hydrogen-bond acceptors (Lipinski definition) is 3. The maximum atomic E-state index is 6.81. The van der Waals surface area contributed by atoms with Gasteiger partial charge in [-0.1, -0.05) is 170 Å². The summed E-state index contributed by atoms with van der Waals surface area (Å²) in [5, 5.41) is 9.74. The van der Waals surface area contributed by atoms with E-state index in [1.54, 1.807) is 0 Å². The van der Waals surface area contributed by atoms with E-state index in [-0.39, 0.29) is 0 Å². The number of rotatable bonds is 5. The predicted molar refractivity (Wildman–Crippen MR) is 229 cm³/mol. The molecular formula is C52H32N2O. The minimum atomic E-state index is 0.684. The molecule has 0 aliphatic carbocycles. The average molecular weight is 701 g/mol. The fourth-order valence-corrected chi connectivity index (χ4v) is 8.18. The van der Waals surface area contributed by atoms with Gasteiger partial charge in [-0.25, -0.2) is 9.97 Å². The molecular weight excluding hydrogens is 669 g/mol. The van der Waals surface area contributed by atoms with Crippen molar-refractivity contribution in [3.63, 3.8) is 0 Å². The van der Waals surface area contributed by atoms with Crippen molar-refractivity contribution in [1.29, 1.82) is 0 Å². The summed E-state index contributed by atoms with van der Waals surface area (Å²) in [5.74, 6) is 0.684. The number of aromatic nitrogens is 2. The lowest BCUT2D eigenvalue weighted by Crippen LogP contribution is -1.95. The van der Waals surface area contributed by atoms with Gasteiger partial charge in [-0.2, -0.15) is 0 Å². The molecule has 3 heteroatoms. The molecule has 2 aromatic heterocycles. The van der Waals surface area contributed by atoms with E-state index in [1.165, 1.54) is 43.4 Å². The molecule has 55 heavy (non-hydrogen) atoms. The second-order valence-electron chi connectivity index (χ2n) is 14.1. The molecule has 0 atom stereocenters. The van der Waals surface area contributed by atoms with Gasteiger partial charge in [0.25, 0.3) is 0 Å². The van der Waals surface area contributed by atoms with Crippen LogP contribution >= 0.6 is 0 Å². The third-order valence-electron chi connectivity index (χ3n) is 10.9. The van der Waals surface area contributed by atoms with E-state index in [4.69, 9.17) is 14.4 Å². The molecule has 0 spiro atoms. The Labute approximate surface area is 317 Å². The summed E-state index contributed by atoms with van der Waals surface area (Å²) in [5.41, 5.74) is 10.9. The third-order valence-corrected chi connectivity index (χ3v) is 10.9. The quantitative estimate of drug-likeness (QED) is 0.168. The van der Waals surface area contributed by atoms with Crippen LogP contribution in [-0.2, 0) is 0 Å². The number of benzene rings is 9. The molecule has 3 nitrogen and oxygen atoms in total. The highest BCUT2D eigenvalue weighted by atomic mass is 16.3. The van der Waals surface area contributed by atoms with Gasteiger partial charge >= 0.3 is 0 Å². The van der Waals surface area contributed by atoms with Crippen LogP contribution in [0.2, 0.25) is 0 Å². The average Bonchev–Trinajstić information content (AvgIpc) is 3.65. The molecule has 0 saturated carbocycles. The molecule has 0 fully saturated rings. The van der Waals surface area contributed by atoms with E-state index in [1.807, 2.05) is 24.3 Å². The molecule has 2 heterocycles. The third kappa shape index (κ3) is 5.28. The highest BCUT2D eigenvalue weighted by Crippen LogP contribution is 2.41. The zero-order valence-electron chi connectivity index (χ0n) is 29.8. The highest BCUT2D eigenvalue weighted by Gasteiger charge is 2.17. The SMILES string of the molecule is c1ccc(-c2ccc(-c3cc(-c4ccc5c(c4)oc4c(-c6ccc7c8ccccc8c8ccccc8c7c6)cccc45)nc(-c4ccccc4)n3)cc2)cc1. The summed E-state index contributed by atoms with van der Waals surface area (Å²) >= 11 is 0. The lowest BCUT2D eigenvalue weighted by Gasteiger charge is -2.12. The van der Waals surface area contributed by atoms with Crippen LogP contribution in [-0.4, -0.2) is 9.97 Å². The van der Waals surface area contributed by atoms with Gasteiger partial charge in [0, 0.05) is 33.0 Å². The van der Waals surface area contributed by atoms with Gasteiger partial charge < -0.3 is 4.42 Å². The lowest BCUT2D eigenvalue weighted by molar-refractivity contribution is 0.670. The molecule has 256 valence electrons. The van der Waals surface area contributed by atoms with E-state index in [0.717, 1.165) is 61.1 Å². The number of nitrogens with zero attached hydrogens (tertiary/aromatic N) is 2. The van der Waals surface area contributed by atoms with Crippen LogP contribution in [0.1, 0.15) is 0 Å². The molecule has 0 amide bonds. The second kappa shape index (κ2) is 12.6. The van der Waals surface area contributed by atoms with Crippen LogP contribution in [0.15, 0.2) is 199 Å². The van der Waals surface area contributed by atoms with Crippen molar-refractivity contribution in [3.05, 3.63) is 194 Å². The Morgan fingerprint density at radius 1 is 0.291 bits per heavy atom. The molecule has 0 aliphatic heterocycles. The first-order chi connectivity index (χ1) is 27.2. The number of hydrogen-bond donors (Lipinski definition) is 0. The number of furan rings is 1. The van der Waals surface area contributed by atoms with Gasteiger partial charge in [-0.05, 0) is 73.3 Å². The highest BCUT2D eigenvalue weighted by molar-refractivity contribution is 6.26. The van der Waals surface area contributed by atoms with Crippen molar-refractivity contribution in [3.8, 4) is 56.2 Å². The normalized spacial score (nSPS) is 11.6. The summed E-state index contributed by atoms with van der Waals surface area (Å²) in [6.07, 6.45) is 0. The largest absolute Gasteiger partial charge is 0.455 e. The van der Waals surface area contributed by atoms with Crippen molar-refractivity contribution < 1.29 is 4.42 Å². The fourth-order valence-electron chi connectivity index (χ4n) is 8.18. The molecule has 11 aromatic rings.